The number of para-hydroxylation sites is 1. The third-order valence-electron chi connectivity index (χ3n) is 6.13. The van der Waals surface area contributed by atoms with Gasteiger partial charge in [-0.15, -0.1) is 10.2 Å². The number of methoxy groups -OCH3 is 1. The van der Waals surface area contributed by atoms with Crippen LogP contribution in [0.3, 0.4) is 0 Å². The SMILES string of the molecule is COc1ccccc1CNC(=O)[C@@]12CN(c3nnc(C)s3)C[C@@H]1C(C)(C)C2. The van der Waals surface area contributed by atoms with Gasteiger partial charge in [-0.25, -0.2) is 0 Å². The first-order chi connectivity index (χ1) is 12.9. The third kappa shape index (κ3) is 2.98. The lowest BCUT2D eigenvalue weighted by molar-refractivity contribution is -0.152. The van der Waals surface area contributed by atoms with Gasteiger partial charge in [0, 0.05) is 25.2 Å². The van der Waals surface area contributed by atoms with E-state index < -0.39 is 0 Å². The number of ether oxygens (including phenoxy) is 1. The molecule has 2 fully saturated rings. The van der Waals surface area contributed by atoms with E-state index in [0.717, 1.165) is 34.4 Å². The molecule has 6 nitrogen and oxygen atoms in total. The van der Waals surface area contributed by atoms with Crippen LogP contribution in [0.25, 0.3) is 0 Å². The van der Waals surface area contributed by atoms with Crippen LogP contribution in [-0.2, 0) is 11.3 Å². The molecular formula is C20H26N4O2S. The number of carbonyl (C=O) groups is 1. The number of hydrogen-bond donors (Lipinski definition) is 1. The van der Waals surface area contributed by atoms with Crippen LogP contribution in [0, 0.1) is 23.7 Å². The second kappa shape index (κ2) is 6.48. The summed E-state index contributed by atoms with van der Waals surface area (Å²) >= 11 is 1.60. The first-order valence-electron chi connectivity index (χ1n) is 9.31. The number of benzene rings is 1. The number of fused-ring (bicyclic) bond motifs is 1. The Morgan fingerprint density at radius 3 is 2.81 bits per heavy atom. The van der Waals surface area contributed by atoms with Crippen molar-refractivity contribution in [3.05, 3.63) is 34.8 Å². The highest BCUT2D eigenvalue weighted by atomic mass is 32.1. The van der Waals surface area contributed by atoms with Gasteiger partial charge in [0.25, 0.3) is 0 Å². The molecule has 1 aliphatic carbocycles. The second-order valence-electron chi connectivity index (χ2n) is 8.35. The van der Waals surface area contributed by atoms with Crippen molar-refractivity contribution in [1.82, 2.24) is 15.5 Å². The average Bonchev–Trinajstić information content (AvgIpc) is 3.22. The molecule has 1 aromatic heterocycles. The summed E-state index contributed by atoms with van der Waals surface area (Å²) < 4.78 is 5.40. The van der Waals surface area contributed by atoms with Crippen molar-refractivity contribution < 1.29 is 9.53 Å². The number of amides is 1. The summed E-state index contributed by atoms with van der Waals surface area (Å²) in [6.07, 6.45) is 0.900. The Hall–Kier alpha value is -2.15. The summed E-state index contributed by atoms with van der Waals surface area (Å²) in [4.78, 5) is 15.5. The minimum atomic E-state index is -0.342. The normalized spacial score (nSPS) is 25.6. The van der Waals surface area contributed by atoms with Crippen LogP contribution in [0.5, 0.6) is 5.75 Å². The highest BCUT2D eigenvalue weighted by molar-refractivity contribution is 7.15. The Morgan fingerprint density at radius 2 is 2.15 bits per heavy atom. The van der Waals surface area contributed by atoms with Gasteiger partial charge in [0.1, 0.15) is 10.8 Å². The number of carbonyl (C=O) groups excluding carboxylic acids is 1. The number of hydrogen-bond acceptors (Lipinski definition) is 6. The van der Waals surface area contributed by atoms with Gasteiger partial charge < -0.3 is 15.0 Å². The van der Waals surface area contributed by atoms with E-state index in [-0.39, 0.29) is 16.7 Å². The highest BCUT2D eigenvalue weighted by Gasteiger charge is 2.66. The maximum Gasteiger partial charge on any atom is 0.228 e. The number of nitrogens with zero attached hydrogens (tertiary/aromatic N) is 3. The highest BCUT2D eigenvalue weighted by Crippen LogP contribution is 2.63. The van der Waals surface area contributed by atoms with Gasteiger partial charge in [-0.1, -0.05) is 43.4 Å². The zero-order valence-electron chi connectivity index (χ0n) is 16.3. The lowest BCUT2D eigenvalue weighted by Crippen LogP contribution is -2.60. The number of aryl methyl sites for hydroxylation is 1. The van der Waals surface area contributed by atoms with Crippen LogP contribution in [0.1, 0.15) is 30.8 Å². The van der Waals surface area contributed by atoms with E-state index in [1.807, 2.05) is 31.2 Å². The first-order valence-corrected chi connectivity index (χ1v) is 10.1. The molecule has 2 aliphatic rings. The monoisotopic (exact) mass is 386 g/mol. The largest absolute Gasteiger partial charge is 0.496 e. The summed E-state index contributed by atoms with van der Waals surface area (Å²) in [7, 11) is 1.66. The Balaban J connectivity index is 1.51. The maximum atomic E-state index is 13.3. The van der Waals surface area contributed by atoms with Gasteiger partial charge in [-0.3, -0.25) is 4.79 Å². The lowest BCUT2D eigenvalue weighted by Gasteiger charge is -2.55. The Labute approximate surface area is 163 Å². The molecule has 1 saturated heterocycles. The topological polar surface area (TPSA) is 67.3 Å². The second-order valence-corrected chi connectivity index (χ2v) is 9.51. The predicted molar refractivity (Wildman–Crippen MR) is 106 cm³/mol. The summed E-state index contributed by atoms with van der Waals surface area (Å²) in [5.74, 6) is 1.27. The molecule has 2 aromatic rings. The smallest absolute Gasteiger partial charge is 0.228 e. The molecule has 1 saturated carbocycles. The average molecular weight is 387 g/mol. The lowest BCUT2D eigenvalue weighted by atomic mass is 9.47. The summed E-state index contributed by atoms with van der Waals surface area (Å²) in [6.45, 7) is 8.55. The van der Waals surface area contributed by atoms with E-state index in [1.165, 1.54) is 0 Å². The molecule has 2 atom stereocenters. The van der Waals surface area contributed by atoms with Crippen molar-refractivity contribution in [1.29, 1.82) is 0 Å². The molecule has 1 aliphatic heterocycles. The van der Waals surface area contributed by atoms with E-state index in [9.17, 15) is 4.79 Å². The van der Waals surface area contributed by atoms with Gasteiger partial charge >= 0.3 is 0 Å². The molecule has 0 bridgehead atoms. The molecule has 2 heterocycles. The number of nitrogens with one attached hydrogen (secondary N) is 1. The fourth-order valence-electron chi connectivity index (χ4n) is 4.96. The van der Waals surface area contributed by atoms with Crippen LogP contribution >= 0.6 is 11.3 Å². The van der Waals surface area contributed by atoms with Crippen molar-refractivity contribution in [3.8, 4) is 5.75 Å². The Morgan fingerprint density at radius 1 is 1.37 bits per heavy atom. The molecule has 1 N–H and O–H groups in total. The van der Waals surface area contributed by atoms with E-state index in [4.69, 9.17) is 4.74 Å². The fraction of sp³-hybridized carbons (Fsp3) is 0.550. The molecule has 0 spiro atoms. The predicted octanol–water partition coefficient (Wildman–Crippen LogP) is 3.02. The fourth-order valence-corrected chi connectivity index (χ4v) is 5.66. The molecule has 27 heavy (non-hydrogen) atoms. The van der Waals surface area contributed by atoms with Crippen LogP contribution in [0.4, 0.5) is 5.13 Å². The van der Waals surface area contributed by atoms with E-state index >= 15 is 0 Å². The van der Waals surface area contributed by atoms with Gasteiger partial charge in [-0.05, 0) is 30.7 Å². The summed E-state index contributed by atoms with van der Waals surface area (Å²) in [5.41, 5.74) is 0.816. The van der Waals surface area contributed by atoms with E-state index in [2.05, 4.69) is 34.3 Å². The third-order valence-corrected chi connectivity index (χ3v) is 7.03. The van der Waals surface area contributed by atoms with E-state index in [0.29, 0.717) is 19.0 Å². The van der Waals surface area contributed by atoms with E-state index in [1.54, 1.807) is 18.4 Å². The molecule has 0 radical (unpaired) electrons. The standard InChI is InChI=1S/C20H26N4O2S/c1-13-22-23-18(27-13)24-10-16-19(2,3)11-20(16,12-24)17(25)21-9-14-7-5-6-8-15(14)26-4/h5-8,16H,9-12H2,1-4H3,(H,21,25)/t16-,20+/m1/s1. The minimum Gasteiger partial charge on any atom is -0.496 e. The Bertz CT molecular complexity index is 865. The van der Waals surface area contributed by atoms with Gasteiger partial charge in [0.2, 0.25) is 11.0 Å². The molecule has 1 amide bonds. The molecular weight excluding hydrogens is 360 g/mol. The molecule has 7 heteroatoms. The Kier molecular flexibility index (Phi) is 4.37. The van der Waals surface area contributed by atoms with Crippen molar-refractivity contribution in [2.75, 3.05) is 25.1 Å². The van der Waals surface area contributed by atoms with Crippen LogP contribution < -0.4 is 15.0 Å². The van der Waals surface area contributed by atoms with Crippen LogP contribution in [0.15, 0.2) is 24.3 Å². The van der Waals surface area contributed by atoms with Crippen molar-refractivity contribution in [2.24, 2.45) is 16.7 Å². The maximum absolute atomic E-state index is 13.3. The zero-order valence-corrected chi connectivity index (χ0v) is 17.1. The van der Waals surface area contributed by atoms with Crippen molar-refractivity contribution >= 4 is 22.4 Å². The van der Waals surface area contributed by atoms with Crippen LogP contribution in [0.2, 0.25) is 0 Å². The molecule has 0 unspecified atom stereocenters. The van der Waals surface area contributed by atoms with Gasteiger partial charge in [0.15, 0.2) is 0 Å². The van der Waals surface area contributed by atoms with Gasteiger partial charge in [0.05, 0.1) is 12.5 Å². The van der Waals surface area contributed by atoms with Crippen molar-refractivity contribution in [2.45, 2.75) is 33.7 Å². The number of rotatable bonds is 5. The van der Waals surface area contributed by atoms with Crippen LogP contribution in [-0.4, -0.2) is 36.3 Å². The minimum absolute atomic E-state index is 0.140. The number of aromatic nitrogens is 2. The van der Waals surface area contributed by atoms with Gasteiger partial charge in [-0.2, -0.15) is 0 Å². The first kappa shape index (κ1) is 18.2. The molecule has 144 valence electrons. The zero-order chi connectivity index (χ0) is 19.2. The summed E-state index contributed by atoms with van der Waals surface area (Å²) in [5, 5.41) is 13.5. The molecule has 4 rings (SSSR count). The summed E-state index contributed by atoms with van der Waals surface area (Å²) in [6, 6.07) is 7.81. The molecule has 1 aromatic carbocycles. The number of anilines is 1. The quantitative estimate of drug-likeness (QED) is 0.856. The van der Waals surface area contributed by atoms with Crippen molar-refractivity contribution in [3.63, 3.8) is 0 Å².